The Morgan fingerprint density at radius 1 is 1.33 bits per heavy atom. The third kappa shape index (κ3) is 3.43. The van der Waals surface area contributed by atoms with Crippen LogP contribution in [0.1, 0.15) is 41.0 Å². The van der Waals surface area contributed by atoms with Gasteiger partial charge in [-0.25, -0.2) is 0 Å². The highest BCUT2D eigenvalue weighted by Gasteiger charge is 2.22. The van der Waals surface area contributed by atoms with E-state index in [1.165, 1.54) is 23.3 Å². The van der Waals surface area contributed by atoms with Gasteiger partial charge >= 0.3 is 0 Å². The van der Waals surface area contributed by atoms with Crippen molar-refractivity contribution in [2.24, 2.45) is 0 Å². The van der Waals surface area contributed by atoms with Crippen LogP contribution in [-0.2, 0) is 6.42 Å². The normalized spacial score (nSPS) is 19.3. The molecule has 21 heavy (non-hydrogen) atoms. The number of aryl methyl sites for hydroxylation is 1. The number of aliphatic hydroxyl groups excluding tert-OH is 1. The summed E-state index contributed by atoms with van der Waals surface area (Å²) in [4.78, 5) is 1.47. The van der Waals surface area contributed by atoms with Crippen molar-refractivity contribution in [1.29, 1.82) is 0 Å². The molecule has 1 aliphatic rings. The lowest BCUT2D eigenvalue weighted by atomic mass is 9.94. The van der Waals surface area contributed by atoms with E-state index in [-0.39, 0.29) is 0 Å². The Balaban J connectivity index is 1.67. The molecule has 1 aromatic carbocycles. The Morgan fingerprint density at radius 3 is 3.05 bits per heavy atom. The molecule has 2 aromatic rings. The summed E-state index contributed by atoms with van der Waals surface area (Å²) in [5.41, 5.74) is 2.06. The van der Waals surface area contributed by atoms with E-state index in [9.17, 15) is 5.11 Å². The van der Waals surface area contributed by atoms with Gasteiger partial charge in [0.25, 0.3) is 0 Å². The number of rotatable bonds is 4. The quantitative estimate of drug-likeness (QED) is 0.840. The van der Waals surface area contributed by atoms with Crippen molar-refractivity contribution in [3.63, 3.8) is 0 Å². The maximum absolute atomic E-state index is 10.4. The number of hydrogen-bond acceptors (Lipinski definition) is 3. The van der Waals surface area contributed by atoms with E-state index in [4.69, 9.17) is 23.2 Å². The summed E-state index contributed by atoms with van der Waals surface area (Å²) in [6.07, 6.45) is 2.83. The van der Waals surface area contributed by atoms with Crippen LogP contribution in [0, 0.1) is 0 Å². The second kappa shape index (κ2) is 6.67. The summed E-state index contributed by atoms with van der Waals surface area (Å²) < 4.78 is 0. The van der Waals surface area contributed by atoms with Gasteiger partial charge < -0.3 is 10.4 Å². The van der Waals surface area contributed by atoms with Gasteiger partial charge in [0, 0.05) is 33.1 Å². The molecule has 2 atom stereocenters. The third-order valence-electron chi connectivity index (χ3n) is 3.93. The fourth-order valence-electron chi connectivity index (χ4n) is 2.83. The van der Waals surface area contributed by atoms with Gasteiger partial charge in [-0.15, -0.1) is 11.3 Å². The number of halogens is 2. The summed E-state index contributed by atoms with van der Waals surface area (Å²) in [7, 11) is 0. The molecular weight excluding hydrogens is 325 g/mol. The van der Waals surface area contributed by atoms with Crippen LogP contribution in [0.25, 0.3) is 0 Å². The van der Waals surface area contributed by atoms with Crippen LogP contribution in [0.2, 0.25) is 10.0 Å². The molecule has 2 unspecified atom stereocenters. The second-order valence-electron chi connectivity index (χ2n) is 5.33. The van der Waals surface area contributed by atoms with Crippen molar-refractivity contribution < 1.29 is 5.11 Å². The fraction of sp³-hybridized carbons (Fsp3) is 0.375. The van der Waals surface area contributed by atoms with Crippen molar-refractivity contribution in [2.75, 3.05) is 6.54 Å². The Labute approximate surface area is 138 Å². The number of nitrogens with one attached hydrogen (secondary N) is 1. The molecular formula is C16H17Cl2NOS. The summed E-state index contributed by atoms with van der Waals surface area (Å²) >= 11 is 13.9. The molecule has 5 heteroatoms. The van der Waals surface area contributed by atoms with Crippen LogP contribution in [0.15, 0.2) is 29.6 Å². The molecule has 0 aliphatic heterocycles. The molecule has 0 saturated heterocycles. The minimum absolute atomic E-state index is 0.326. The molecule has 1 aromatic heterocycles. The number of thiophene rings is 1. The Bertz CT molecular complexity index is 628. The van der Waals surface area contributed by atoms with Crippen LogP contribution < -0.4 is 5.32 Å². The first-order chi connectivity index (χ1) is 10.1. The van der Waals surface area contributed by atoms with Gasteiger partial charge in [0.15, 0.2) is 0 Å². The van der Waals surface area contributed by atoms with Crippen molar-refractivity contribution >= 4 is 34.5 Å². The summed E-state index contributed by atoms with van der Waals surface area (Å²) in [5, 5.41) is 17.1. The van der Waals surface area contributed by atoms with Gasteiger partial charge in [-0.2, -0.15) is 0 Å². The molecule has 0 bridgehead atoms. The van der Waals surface area contributed by atoms with E-state index in [2.05, 4.69) is 16.8 Å². The monoisotopic (exact) mass is 341 g/mol. The topological polar surface area (TPSA) is 32.3 Å². The van der Waals surface area contributed by atoms with E-state index >= 15 is 0 Å². The number of hydrogen-bond donors (Lipinski definition) is 2. The maximum Gasteiger partial charge on any atom is 0.0929 e. The SMILES string of the molecule is OC(CNC1CCCc2sccc21)c1cc(Cl)ccc1Cl. The minimum atomic E-state index is -0.653. The molecule has 3 rings (SSSR count). The highest BCUT2D eigenvalue weighted by molar-refractivity contribution is 7.10. The molecule has 2 nitrogen and oxygen atoms in total. The van der Waals surface area contributed by atoms with Crippen molar-refractivity contribution in [1.82, 2.24) is 5.32 Å². The zero-order chi connectivity index (χ0) is 14.8. The lowest BCUT2D eigenvalue weighted by Gasteiger charge is -2.25. The molecule has 1 heterocycles. The van der Waals surface area contributed by atoms with Crippen LogP contribution in [0.4, 0.5) is 0 Å². The summed E-state index contributed by atoms with van der Waals surface area (Å²) in [5.74, 6) is 0. The Morgan fingerprint density at radius 2 is 2.19 bits per heavy atom. The molecule has 0 saturated carbocycles. The van der Waals surface area contributed by atoms with E-state index in [0.29, 0.717) is 28.2 Å². The molecule has 0 amide bonds. The number of benzene rings is 1. The van der Waals surface area contributed by atoms with Gasteiger partial charge in [-0.3, -0.25) is 0 Å². The van der Waals surface area contributed by atoms with Crippen molar-refractivity contribution in [3.05, 3.63) is 55.7 Å². The lowest BCUT2D eigenvalue weighted by Crippen LogP contribution is -2.28. The van der Waals surface area contributed by atoms with Gasteiger partial charge in [-0.1, -0.05) is 23.2 Å². The first kappa shape index (κ1) is 15.3. The number of fused-ring (bicyclic) bond motifs is 1. The Hall–Kier alpha value is -0.580. The predicted molar refractivity (Wildman–Crippen MR) is 89.4 cm³/mol. The largest absolute Gasteiger partial charge is 0.387 e. The van der Waals surface area contributed by atoms with Gasteiger partial charge in [0.2, 0.25) is 0 Å². The molecule has 0 spiro atoms. The Kier molecular flexibility index (Phi) is 4.87. The number of aliphatic hydroxyl groups is 1. The zero-order valence-corrected chi connectivity index (χ0v) is 13.8. The molecule has 112 valence electrons. The summed E-state index contributed by atoms with van der Waals surface area (Å²) in [6.45, 7) is 0.472. The smallest absolute Gasteiger partial charge is 0.0929 e. The zero-order valence-electron chi connectivity index (χ0n) is 11.5. The average Bonchev–Trinajstić information content (AvgIpc) is 2.96. The van der Waals surface area contributed by atoms with Gasteiger partial charge in [0.1, 0.15) is 0 Å². The maximum atomic E-state index is 10.4. The van der Waals surface area contributed by atoms with Crippen molar-refractivity contribution in [2.45, 2.75) is 31.4 Å². The molecule has 1 aliphatic carbocycles. The van der Waals surface area contributed by atoms with Gasteiger partial charge in [-0.05, 0) is 54.5 Å². The third-order valence-corrected chi connectivity index (χ3v) is 5.50. The van der Waals surface area contributed by atoms with Crippen LogP contribution in [-0.4, -0.2) is 11.7 Å². The van der Waals surface area contributed by atoms with Crippen molar-refractivity contribution in [3.8, 4) is 0 Å². The highest BCUT2D eigenvalue weighted by atomic mass is 35.5. The lowest BCUT2D eigenvalue weighted by molar-refractivity contribution is 0.168. The molecule has 0 fully saturated rings. The summed E-state index contributed by atoms with van der Waals surface area (Å²) in [6, 6.07) is 7.70. The van der Waals surface area contributed by atoms with E-state index in [1.54, 1.807) is 18.2 Å². The second-order valence-corrected chi connectivity index (χ2v) is 7.18. The van der Waals surface area contributed by atoms with Crippen LogP contribution >= 0.6 is 34.5 Å². The van der Waals surface area contributed by atoms with E-state index < -0.39 is 6.10 Å². The molecule has 0 radical (unpaired) electrons. The first-order valence-electron chi connectivity index (χ1n) is 7.08. The predicted octanol–water partition coefficient (Wildman–Crippen LogP) is 4.76. The van der Waals surface area contributed by atoms with Crippen LogP contribution in [0.3, 0.4) is 0 Å². The molecule has 2 N–H and O–H groups in total. The average molecular weight is 342 g/mol. The van der Waals surface area contributed by atoms with E-state index in [0.717, 1.165) is 6.42 Å². The standard InChI is InChI=1S/C16H17Cl2NOS/c17-10-4-5-13(18)12(8-10)15(20)9-19-14-2-1-3-16-11(14)6-7-21-16/h4-8,14-15,19-20H,1-3,9H2. The van der Waals surface area contributed by atoms with E-state index in [1.807, 2.05) is 11.3 Å². The van der Waals surface area contributed by atoms with Crippen LogP contribution in [0.5, 0.6) is 0 Å². The highest BCUT2D eigenvalue weighted by Crippen LogP contribution is 2.34. The fourth-order valence-corrected chi connectivity index (χ4v) is 4.24. The minimum Gasteiger partial charge on any atom is -0.387 e. The first-order valence-corrected chi connectivity index (χ1v) is 8.71. The van der Waals surface area contributed by atoms with Gasteiger partial charge in [0.05, 0.1) is 6.10 Å².